The second-order valence-electron chi connectivity index (χ2n) is 6.54. The Hall–Kier alpha value is -0.410. The molecule has 0 radical (unpaired) electrons. The fraction of sp³-hybridized carbons (Fsp3) is 0.955. The van der Waals surface area contributed by atoms with Crippen molar-refractivity contribution in [1.29, 1.82) is 0 Å². The van der Waals surface area contributed by atoms with Gasteiger partial charge in [-0.25, -0.2) is 0 Å². The van der Waals surface area contributed by atoms with Gasteiger partial charge < -0.3 is 47.4 Å². The minimum absolute atomic E-state index is 0.263. The van der Waals surface area contributed by atoms with Crippen LogP contribution in [0.3, 0.4) is 0 Å². The molecular weight excluding hydrogens is 520 g/mol. The Balaban J connectivity index is 3.01. The largest absolute Gasteiger partial charge is 0.463 e. The third-order valence-corrected chi connectivity index (χ3v) is 4.05. The van der Waals surface area contributed by atoms with E-state index in [2.05, 4.69) is 15.9 Å². The maximum atomic E-state index is 10.6. The molecule has 34 heavy (non-hydrogen) atoms. The first-order valence-corrected chi connectivity index (χ1v) is 12.8. The lowest BCUT2D eigenvalue weighted by Gasteiger charge is -2.09. The number of halogens is 1. The Labute approximate surface area is 212 Å². The van der Waals surface area contributed by atoms with Gasteiger partial charge >= 0.3 is 5.97 Å². The predicted molar refractivity (Wildman–Crippen MR) is 128 cm³/mol. The average Bonchev–Trinajstić information content (AvgIpc) is 2.83. The third kappa shape index (κ3) is 31.6. The Morgan fingerprint density at radius 3 is 0.824 bits per heavy atom. The molecule has 0 rings (SSSR count). The second kappa shape index (κ2) is 30.6. The van der Waals surface area contributed by atoms with Crippen LogP contribution in [0, 0.1) is 0 Å². The molecule has 0 saturated carbocycles. The highest BCUT2D eigenvalue weighted by atomic mass is 79.9. The predicted octanol–water partition coefficient (Wildman–Crippen LogP) is 1.09. The molecule has 0 N–H and O–H groups in total. The fourth-order valence-electron chi connectivity index (χ4n) is 2.16. The molecule has 12 heteroatoms. The first-order chi connectivity index (χ1) is 16.8. The van der Waals surface area contributed by atoms with Crippen LogP contribution in [0.5, 0.6) is 0 Å². The van der Waals surface area contributed by atoms with Crippen LogP contribution in [-0.2, 0) is 52.2 Å². The molecule has 11 nitrogen and oxygen atoms in total. The van der Waals surface area contributed by atoms with E-state index in [9.17, 15) is 4.79 Å². The van der Waals surface area contributed by atoms with Gasteiger partial charge in [0, 0.05) is 12.3 Å². The van der Waals surface area contributed by atoms with E-state index in [0.29, 0.717) is 119 Å². The number of esters is 1. The van der Waals surface area contributed by atoms with Gasteiger partial charge in [-0.05, 0) is 0 Å². The van der Waals surface area contributed by atoms with Crippen LogP contribution in [0.25, 0.3) is 0 Å². The number of carbonyl (C=O) groups excluding carboxylic acids is 1. The van der Waals surface area contributed by atoms with Crippen molar-refractivity contribution in [2.24, 2.45) is 0 Å². The smallest absolute Gasteiger partial charge is 0.302 e. The van der Waals surface area contributed by atoms with E-state index in [4.69, 9.17) is 47.4 Å². The van der Waals surface area contributed by atoms with Crippen molar-refractivity contribution in [2.75, 3.05) is 131 Å². The quantitative estimate of drug-likeness (QED) is 0.0742. The number of alkyl halides is 1. The van der Waals surface area contributed by atoms with Crippen LogP contribution in [-0.4, -0.2) is 137 Å². The first-order valence-electron chi connectivity index (χ1n) is 11.7. The molecule has 0 spiro atoms. The lowest BCUT2D eigenvalue weighted by Crippen LogP contribution is -2.15. The van der Waals surface area contributed by atoms with Gasteiger partial charge in [-0.3, -0.25) is 4.79 Å². The zero-order valence-corrected chi connectivity index (χ0v) is 22.1. The number of rotatable bonds is 29. The SMILES string of the molecule is CC(=O)OCCOCCOCCOCCOCCOCCOCCOCCOCCOCCBr. The van der Waals surface area contributed by atoms with Gasteiger partial charge in [0.2, 0.25) is 0 Å². The molecule has 0 heterocycles. The van der Waals surface area contributed by atoms with Gasteiger partial charge in [-0.15, -0.1) is 0 Å². The van der Waals surface area contributed by atoms with E-state index in [0.717, 1.165) is 5.33 Å². The van der Waals surface area contributed by atoms with Gasteiger partial charge in [0.25, 0.3) is 0 Å². The maximum Gasteiger partial charge on any atom is 0.302 e. The monoisotopic (exact) mass is 562 g/mol. The van der Waals surface area contributed by atoms with E-state index in [1.54, 1.807) is 0 Å². The van der Waals surface area contributed by atoms with E-state index in [1.807, 2.05) is 0 Å². The molecule has 0 saturated heterocycles. The number of hydrogen-bond acceptors (Lipinski definition) is 11. The van der Waals surface area contributed by atoms with Crippen molar-refractivity contribution in [3.8, 4) is 0 Å². The molecule has 0 aliphatic carbocycles. The highest BCUT2D eigenvalue weighted by Crippen LogP contribution is 1.87. The topological polar surface area (TPSA) is 109 Å². The third-order valence-electron chi connectivity index (χ3n) is 3.73. The summed E-state index contributed by atoms with van der Waals surface area (Å²) < 4.78 is 53.1. The van der Waals surface area contributed by atoms with Crippen molar-refractivity contribution >= 4 is 21.9 Å². The van der Waals surface area contributed by atoms with Crippen LogP contribution in [0.15, 0.2) is 0 Å². The minimum Gasteiger partial charge on any atom is -0.463 e. The zero-order valence-electron chi connectivity index (χ0n) is 20.5. The van der Waals surface area contributed by atoms with E-state index in [1.165, 1.54) is 6.92 Å². The van der Waals surface area contributed by atoms with Crippen molar-refractivity contribution in [3.05, 3.63) is 0 Å². The summed E-state index contributed by atoms with van der Waals surface area (Å²) in [6.45, 7) is 11.0. The van der Waals surface area contributed by atoms with Crippen molar-refractivity contribution in [2.45, 2.75) is 6.92 Å². The van der Waals surface area contributed by atoms with Gasteiger partial charge in [0.05, 0.1) is 119 Å². The van der Waals surface area contributed by atoms with Crippen molar-refractivity contribution in [3.63, 3.8) is 0 Å². The van der Waals surface area contributed by atoms with Gasteiger partial charge in [-0.2, -0.15) is 0 Å². The number of hydrogen-bond donors (Lipinski definition) is 0. The summed E-state index contributed by atoms with van der Waals surface area (Å²) >= 11 is 3.29. The molecule has 0 aromatic heterocycles. The molecule has 0 amide bonds. The summed E-state index contributed by atoms with van der Waals surface area (Å²) in [5.74, 6) is -0.308. The molecular formula is C22H43BrO11. The Morgan fingerprint density at radius 2 is 0.618 bits per heavy atom. The lowest BCUT2D eigenvalue weighted by atomic mass is 10.6. The summed E-state index contributed by atoms with van der Waals surface area (Å²) in [7, 11) is 0. The standard InChI is InChI=1S/C22H43BrO11/c1-22(24)34-21-20-33-19-18-32-17-16-31-15-14-30-13-12-29-11-10-28-9-8-27-7-6-26-5-4-25-3-2-23/h2-21H2,1H3. The van der Waals surface area contributed by atoms with Crippen LogP contribution in [0.1, 0.15) is 6.92 Å². The summed E-state index contributed by atoms with van der Waals surface area (Å²) in [6, 6.07) is 0. The zero-order chi connectivity index (χ0) is 24.8. The molecule has 0 aliphatic rings. The lowest BCUT2D eigenvalue weighted by molar-refractivity contribution is -0.142. The van der Waals surface area contributed by atoms with Crippen LogP contribution in [0.4, 0.5) is 0 Å². The highest BCUT2D eigenvalue weighted by Gasteiger charge is 1.96. The van der Waals surface area contributed by atoms with E-state index < -0.39 is 0 Å². The molecule has 0 fully saturated rings. The van der Waals surface area contributed by atoms with Crippen LogP contribution >= 0.6 is 15.9 Å². The first kappa shape index (κ1) is 33.6. The van der Waals surface area contributed by atoms with Crippen molar-refractivity contribution < 1.29 is 52.2 Å². The molecule has 0 aliphatic heterocycles. The molecule has 0 bridgehead atoms. The molecule has 0 aromatic carbocycles. The van der Waals surface area contributed by atoms with Crippen molar-refractivity contribution in [1.82, 2.24) is 0 Å². The summed E-state index contributed by atoms with van der Waals surface area (Å²) in [6.07, 6.45) is 0. The number of carbonyl (C=O) groups is 1. The molecule has 0 aromatic rings. The normalized spacial score (nSPS) is 11.2. The average molecular weight is 563 g/mol. The molecule has 0 unspecified atom stereocenters. The second-order valence-corrected chi connectivity index (χ2v) is 7.33. The summed E-state index contributed by atoms with van der Waals surface area (Å²) in [5.41, 5.74) is 0. The van der Waals surface area contributed by atoms with Crippen LogP contribution in [0.2, 0.25) is 0 Å². The molecule has 204 valence electrons. The maximum absolute atomic E-state index is 10.6. The fourth-order valence-corrected chi connectivity index (χ4v) is 2.39. The summed E-state index contributed by atoms with van der Waals surface area (Å²) in [4.78, 5) is 10.6. The van der Waals surface area contributed by atoms with Gasteiger partial charge in [-0.1, -0.05) is 15.9 Å². The number of ether oxygens (including phenoxy) is 10. The highest BCUT2D eigenvalue weighted by molar-refractivity contribution is 9.09. The van der Waals surface area contributed by atoms with Gasteiger partial charge in [0.1, 0.15) is 6.61 Å². The Morgan fingerprint density at radius 1 is 0.412 bits per heavy atom. The summed E-state index contributed by atoms with van der Waals surface area (Å²) in [5, 5.41) is 0.837. The van der Waals surface area contributed by atoms with Gasteiger partial charge in [0.15, 0.2) is 0 Å². The van der Waals surface area contributed by atoms with E-state index >= 15 is 0 Å². The minimum atomic E-state index is -0.308. The molecule has 0 atom stereocenters. The van der Waals surface area contributed by atoms with Crippen LogP contribution < -0.4 is 0 Å². The Kier molecular flexibility index (Phi) is 30.3. The Bertz CT molecular complexity index is 405. The van der Waals surface area contributed by atoms with E-state index in [-0.39, 0.29) is 12.6 Å².